The molecule has 0 aliphatic rings. The van der Waals surface area contributed by atoms with Crippen LogP contribution in [0.4, 0.5) is 0 Å². The number of aliphatic hydroxyl groups is 2. The van der Waals surface area contributed by atoms with Crippen LogP contribution in [0.2, 0.25) is 0 Å². The van der Waals surface area contributed by atoms with Crippen LogP contribution in [0.25, 0.3) is 0 Å². The molecular formula is C16H24O4. The fraction of sp³-hybridized carbons (Fsp3) is 0.562. The minimum atomic E-state index is -0.864. The highest BCUT2D eigenvalue weighted by atomic mass is 16.5. The lowest BCUT2D eigenvalue weighted by Crippen LogP contribution is -2.34. The maximum absolute atomic E-state index is 11.7. The first-order chi connectivity index (χ1) is 9.41. The molecule has 1 aromatic carbocycles. The predicted octanol–water partition coefficient (Wildman–Crippen LogP) is 2.25. The van der Waals surface area contributed by atoms with Gasteiger partial charge in [0.15, 0.2) is 0 Å². The highest BCUT2D eigenvalue weighted by Crippen LogP contribution is 2.17. The molecule has 0 radical (unpaired) electrons. The monoisotopic (exact) mass is 280 g/mol. The summed E-state index contributed by atoms with van der Waals surface area (Å²) in [6.45, 7) is 5.67. The van der Waals surface area contributed by atoms with E-state index in [1.54, 1.807) is 31.2 Å². The SMILES string of the molecule is CC(C)CC(O)C(C)C(O)COC(=O)c1ccccc1. The number of ether oxygens (including phenoxy) is 1. The standard InChI is InChI=1S/C16H24O4/c1-11(2)9-14(17)12(3)15(18)10-20-16(19)13-7-5-4-6-8-13/h4-8,11-12,14-15,17-18H,9-10H2,1-3H3. The summed E-state index contributed by atoms with van der Waals surface area (Å²) in [6.07, 6.45) is -0.845. The molecule has 0 aromatic heterocycles. The van der Waals surface area contributed by atoms with Crippen molar-refractivity contribution in [1.29, 1.82) is 0 Å². The van der Waals surface area contributed by atoms with Gasteiger partial charge in [0, 0.05) is 5.92 Å². The van der Waals surface area contributed by atoms with Crippen molar-refractivity contribution in [2.75, 3.05) is 6.61 Å². The van der Waals surface area contributed by atoms with Crippen molar-refractivity contribution >= 4 is 5.97 Å². The molecule has 0 saturated carbocycles. The maximum Gasteiger partial charge on any atom is 0.338 e. The lowest BCUT2D eigenvalue weighted by atomic mass is 9.92. The van der Waals surface area contributed by atoms with Gasteiger partial charge < -0.3 is 14.9 Å². The molecule has 0 aliphatic heterocycles. The molecule has 112 valence electrons. The molecule has 0 amide bonds. The van der Waals surface area contributed by atoms with Crippen LogP contribution in [-0.2, 0) is 4.74 Å². The van der Waals surface area contributed by atoms with Crippen molar-refractivity contribution in [2.45, 2.75) is 39.4 Å². The van der Waals surface area contributed by atoms with E-state index in [1.165, 1.54) is 0 Å². The third kappa shape index (κ3) is 5.31. The Morgan fingerprint density at radius 3 is 2.25 bits per heavy atom. The van der Waals surface area contributed by atoms with E-state index >= 15 is 0 Å². The summed E-state index contributed by atoms with van der Waals surface area (Å²) in [5, 5.41) is 19.9. The number of rotatable bonds is 7. The third-order valence-electron chi connectivity index (χ3n) is 3.32. The van der Waals surface area contributed by atoms with Crippen molar-refractivity contribution in [2.24, 2.45) is 11.8 Å². The number of hydrogen-bond acceptors (Lipinski definition) is 4. The molecule has 0 spiro atoms. The van der Waals surface area contributed by atoms with E-state index in [2.05, 4.69) is 0 Å². The van der Waals surface area contributed by atoms with E-state index in [4.69, 9.17) is 4.74 Å². The van der Waals surface area contributed by atoms with Crippen molar-refractivity contribution in [1.82, 2.24) is 0 Å². The number of aliphatic hydroxyl groups excluding tert-OH is 2. The van der Waals surface area contributed by atoms with E-state index in [9.17, 15) is 15.0 Å². The highest BCUT2D eigenvalue weighted by molar-refractivity contribution is 5.89. The van der Waals surface area contributed by atoms with E-state index in [0.717, 1.165) is 0 Å². The second-order valence-corrected chi connectivity index (χ2v) is 5.59. The number of esters is 1. The van der Waals surface area contributed by atoms with Crippen LogP contribution in [0.1, 0.15) is 37.6 Å². The van der Waals surface area contributed by atoms with Crippen LogP contribution < -0.4 is 0 Å². The molecule has 3 unspecified atom stereocenters. The minimum Gasteiger partial charge on any atom is -0.459 e. The fourth-order valence-electron chi connectivity index (χ4n) is 1.92. The molecular weight excluding hydrogens is 256 g/mol. The topological polar surface area (TPSA) is 66.8 Å². The summed E-state index contributed by atoms with van der Waals surface area (Å²) in [6, 6.07) is 8.64. The summed E-state index contributed by atoms with van der Waals surface area (Å²) < 4.78 is 5.07. The molecule has 4 heteroatoms. The van der Waals surface area contributed by atoms with Gasteiger partial charge in [0.1, 0.15) is 6.61 Å². The second kappa shape index (κ2) is 8.02. The Labute approximate surface area is 120 Å². The number of carbonyl (C=O) groups excluding carboxylic acids is 1. The van der Waals surface area contributed by atoms with Crippen LogP contribution in [-0.4, -0.2) is 35.0 Å². The van der Waals surface area contributed by atoms with Crippen molar-refractivity contribution in [3.8, 4) is 0 Å². The molecule has 0 fully saturated rings. The molecule has 0 aliphatic carbocycles. The summed E-state index contributed by atoms with van der Waals surface area (Å²) in [5.41, 5.74) is 0.454. The van der Waals surface area contributed by atoms with Gasteiger partial charge in [-0.3, -0.25) is 0 Å². The Hall–Kier alpha value is -1.39. The molecule has 1 aromatic rings. The van der Waals surface area contributed by atoms with Gasteiger partial charge in [0.05, 0.1) is 17.8 Å². The zero-order valence-electron chi connectivity index (χ0n) is 12.3. The van der Waals surface area contributed by atoms with Gasteiger partial charge in [-0.05, 0) is 24.5 Å². The summed E-state index contributed by atoms with van der Waals surface area (Å²) in [4.78, 5) is 11.7. The van der Waals surface area contributed by atoms with Gasteiger partial charge in [-0.2, -0.15) is 0 Å². The maximum atomic E-state index is 11.7. The molecule has 0 bridgehead atoms. The Bertz CT molecular complexity index is 402. The van der Waals surface area contributed by atoms with Gasteiger partial charge in [-0.15, -0.1) is 0 Å². The van der Waals surface area contributed by atoms with Gasteiger partial charge in [0.2, 0.25) is 0 Å². The fourth-order valence-corrected chi connectivity index (χ4v) is 1.92. The van der Waals surface area contributed by atoms with E-state index < -0.39 is 18.2 Å². The summed E-state index contributed by atoms with van der Waals surface area (Å²) in [7, 11) is 0. The van der Waals surface area contributed by atoms with Gasteiger partial charge >= 0.3 is 5.97 Å². The van der Waals surface area contributed by atoms with Crippen molar-refractivity contribution in [3.05, 3.63) is 35.9 Å². The first-order valence-corrected chi connectivity index (χ1v) is 7.00. The van der Waals surface area contributed by atoms with Crippen molar-refractivity contribution in [3.63, 3.8) is 0 Å². The smallest absolute Gasteiger partial charge is 0.338 e. The lowest BCUT2D eigenvalue weighted by Gasteiger charge is -2.25. The van der Waals surface area contributed by atoms with Crippen LogP contribution in [0.5, 0.6) is 0 Å². The van der Waals surface area contributed by atoms with Gasteiger partial charge in [-0.25, -0.2) is 4.79 Å². The number of hydrogen-bond donors (Lipinski definition) is 2. The molecule has 1 rings (SSSR count). The molecule has 0 heterocycles. The zero-order valence-corrected chi connectivity index (χ0v) is 12.3. The molecule has 20 heavy (non-hydrogen) atoms. The van der Waals surface area contributed by atoms with E-state index in [0.29, 0.717) is 17.9 Å². The second-order valence-electron chi connectivity index (χ2n) is 5.59. The largest absolute Gasteiger partial charge is 0.459 e. The molecule has 3 atom stereocenters. The zero-order chi connectivity index (χ0) is 15.1. The minimum absolute atomic E-state index is 0.107. The molecule has 2 N–H and O–H groups in total. The van der Waals surface area contributed by atoms with Crippen LogP contribution in [0, 0.1) is 11.8 Å². The Morgan fingerprint density at radius 1 is 1.10 bits per heavy atom. The Balaban J connectivity index is 2.42. The Morgan fingerprint density at radius 2 is 1.70 bits per heavy atom. The molecule has 0 saturated heterocycles. The molecule has 4 nitrogen and oxygen atoms in total. The average Bonchev–Trinajstić information content (AvgIpc) is 2.43. The number of benzene rings is 1. The van der Waals surface area contributed by atoms with E-state index in [-0.39, 0.29) is 12.5 Å². The van der Waals surface area contributed by atoms with E-state index in [1.807, 2.05) is 19.9 Å². The third-order valence-corrected chi connectivity index (χ3v) is 3.32. The predicted molar refractivity (Wildman–Crippen MR) is 77.4 cm³/mol. The van der Waals surface area contributed by atoms with Crippen LogP contribution >= 0.6 is 0 Å². The summed E-state index contributed by atoms with van der Waals surface area (Å²) >= 11 is 0. The normalized spacial score (nSPS) is 15.7. The van der Waals surface area contributed by atoms with Crippen LogP contribution in [0.3, 0.4) is 0 Å². The quantitative estimate of drug-likeness (QED) is 0.752. The lowest BCUT2D eigenvalue weighted by molar-refractivity contribution is -0.0268. The van der Waals surface area contributed by atoms with Crippen LogP contribution in [0.15, 0.2) is 30.3 Å². The first kappa shape index (κ1) is 16.7. The average molecular weight is 280 g/mol. The summed E-state index contributed by atoms with van der Waals surface area (Å²) in [5.74, 6) is -0.442. The van der Waals surface area contributed by atoms with Gasteiger partial charge in [-0.1, -0.05) is 39.0 Å². The van der Waals surface area contributed by atoms with Crippen molar-refractivity contribution < 1.29 is 19.7 Å². The highest BCUT2D eigenvalue weighted by Gasteiger charge is 2.24. The number of carbonyl (C=O) groups is 1. The first-order valence-electron chi connectivity index (χ1n) is 7.00. The Kier molecular flexibility index (Phi) is 6.68. The van der Waals surface area contributed by atoms with Gasteiger partial charge in [0.25, 0.3) is 0 Å².